The van der Waals surface area contributed by atoms with E-state index in [-0.39, 0.29) is 11.9 Å². The lowest BCUT2D eigenvalue weighted by Gasteiger charge is -2.37. The maximum atomic E-state index is 12.1. The summed E-state index contributed by atoms with van der Waals surface area (Å²) in [5.41, 5.74) is 1.17. The van der Waals surface area contributed by atoms with Gasteiger partial charge in [0.25, 0.3) is 0 Å². The largest absolute Gasteiger partial charge is 0.352 e. The van der Waals surface area contributed by atoms with Crippen LogP contribution in [0.25, 0.3) is 0 Å². The molecular weight excluding hydrogens is 333 g/mol. The van der Waals surface area contributed by atoms with E-state index in [1.165, 1.54) is 5.56 Å². The summed E-state index contributed by atoms with van der Waals surface area (Å²) in [6, 6.07) is 6.19. The molecule has 6 heteroatoms. The highest BCUT2D eigenvalue weighted by molar-refractivity contribution is 6.42. The quantitative estimate of drug-likeness (QED) is 0.881. The van der Waals surface area contributed by atoms with Crippen LogP contribution in [0.4, 0.5) is 0 Å². The smallest absolute Gasteiger partial charge is 0.237 e. The van der Waals surface area contributed by atoms with Crippen molar-refractivity contribution in [3.8, 4) is 0 Å². The van der Waals surface area contributed by atoms with Crippen LogP contribution in [0.1, 0.15) is 25.3 Å². The van der Waals surface area contributed by atoms with Crippen LogP contribution >= 0.6 is 23.2 Å². The Hall–Kier alpha value is -0.810. The van der Waals surface area contributed by atoms with Gasteiger partial charge in [0.05, 0.1) is 16.1 Å². The van der Waals surface area contributed by atoms with Crippen molar-refractivity contribution in [3.63, 3.8) is 0 Å². The zero-order chi connectivity index (χ0) is 16.4. The Morgan fingerprint density at radius 1 is 1.22 bits per heavy atom. The predicted octanol–water partition coefficient (Wildman–Crippen LogP) is 2.78. The first-order valence-electron chi connectivity index (χ1n) is 8.23. The van der Waals surface area contributed by atoms with Crippen LogP contribution in [-0.2, 0) is 11.3 Å². The van der Waals surface area contributed by atoms with Crippen LogP contribution in [0.5, 0.6) is 0 Å². The molecule has 3 rings (SSSR count). The maximum Gasteiger partial charge on any atom is 0.237 e. The molecule has 1 aromatic carbocycles. The van der Waals surface area contributed by atoms with E-state index in [9.17, 15) is 4.79 Å². The number of piperazine rings is 1. The Balaban J connectivity index is 1.47. The van der Waals surface area contributed by atoms with Crippen LogP contribution in [0, 0.1) is 0 Å². The highest BCUT2D eigenvalue weighted by Crippen LogP contribution is 2.23. The molecule has 1 aliphatic carbocycles. The van der Waals surface area contributed by atoms with Crippen LogP contribution in [-0.4, -0.2) is 54.0 Å². The highest BCUT2D eigenvalue weighted by atomic mass is 35.5. The molecule has 2 fully saturated rings. The number of benzene rings is 1. The molecular formula is C17H23Cl2N3O. The van der Waals surface area contributed by atoms with Gasteiger partial charge in [0.2, 0.25) is 5.91 Å². The van der Waals surface area contributed by atoms with Gasteiger partial charge in [-0.15, -0.1) is 0 Å². The fraction of sp³-hybridized carbons (Fsp3) is 0.588. The first-order chi connectivity index (χ1) is 11.0. The summed E-state index contributed by atoms with van der Waals surface area (Å²) >= 11 is 12.0. The average molecular weight is 356 g/mol. The molecule has 1 unspecified atom stereocenters. The number of rotatable bonds is 5. The van der Waals surface area contributed by atoms with Gasteiger partial charge in [-0.1, -0.05) is 29.3 Å². The van der Waals surface area contributed by atoms with Crippen molar-refractivity contribution in [2.75, 3.05) is 26.2 Å². The summed E-state index contributed by atoms with van der Waals surface area (Å²) in [7, 11) is 0. The van der Waals surface area contributed by atoms with Gasteiger partial charge in [0.15, 0.2) is 0 Å². The van der Waals surface area contributed by atoms with Crippen LogP contribution < -0.4 is 5.32 Å². The molecule has 0 spiro atoms. The van der Waals surface area contributed by atoms with Crippen molar-refractivity contribution < 1.29 is 4.79 Å². The minimum atomic E-state index is -0.0391. The normalized spacial score (nSPS) is 21.2. The molecule has 1 saturated heterocycles. The van der Waals surface area contributed by atoms with Crippen molar-refractivity contribution in [2.24, 2.45) is 0 Å². The van der Waals surface area contributed by atoms with E-state index in [0.29, 0.717) is 16.1 Å². The van der Waals surface area contributed by atoms with Gasteiger partial charge < -0.3 is 5.32 Å². The summed E-state index contributed by atoms with van der Waals surface area (Å²) in [5, 5.41) is 4.29. The number of hydrogen-bond acceptors (Lipinski definition) is 3. The number of carbonyl (C=O) groups is 1. The number of carbonyl (C=O) groups excluding carboxylic acids is 1. The van der Waals surface area contributed by atoms with Crippen LogP contribution in [0.15, 0.2) is 18.2 Å². The first kappa shape index (κ1) is 17.0. The Labute approximate surface area is 147 Å². The van der Waals surface area contributed by atoms with E-state index in [2.05, 4.69) is 15.1 Å². The second-order valence-electron chi connectivity index (χ2n) is 6.52. The Bertz CT molecular complexity index is 569. The topological polar surface area (TPSA) is 35.6 Å². The van der Waals surface area contributed by atoms with Gasteiger partial charge in [-0.25, -0.2) is 0 Å². The zero-order valence-corrected chi connectivity index (χ0v) is 14.9. The molecule has 1 N–H and O–H groups in total. The third kappa shape index (κ3) is 4.60. The molecule has 1 aromatic rings. The van der Waals surface area contributed by atoms with E-state index >= 15 is 0 Å². The van der Waals surface area contributed by atoms with E-state index in [1.807, 2.05) is 25.1 Å². The van der Waals surface area contributed by atoms with Crippen molar-refractivity contribution in [1.29, 1.82) is 0 Å². The number of nitrogens with one attached hydrogen (secondary N) is 1. The van der Waals surface area contributed by atoms with E-state index in [0.717, 1.165) is 45.6 Å². The first-order valence-corrected chi connectivity index (χ1v) is 8.99. The summed E-state index contributed by atoms with van der Waals surface area (Å²) in [6.07, 6.45) is 2.27. The van der Waals surface area contributed by atoms with Crippen LogP contribution in [0.3, 0.4) is 0 Å². The Morgan fingerprint density at radius 2 is 1.91 bits per heavy atom. The molecule has 1 aliphatic heterocycles. The maximum absolute atomic E-state index is 12.1. The van der Waals surface area contributed by atoms with Gasteiger partial charge in [-0.3, -0.25) is 14.6 Å². The van der Waals surface area contributed by atoms with E-state index < -0.39 is 0 Å². The molecule has 1 atom stereocenters. The average Bonchev–Trinajstić information content (AvgIpc) is 3.35. The minimum Gasteiger partial charge on any atom is -0.352 e. The molecule has 4 nitrogen and oxygen atoms in total. The van der Waals surface area contributed by atoms with E-state index in [1.54, 1.807) is 0 Å². The predicted molar refractivity (Wildman–Crippen MR) is 93.9 cm³/mol. The van der Waals surface area contributed by atoms with Crippen LogP contribution in [0.2, 0.25) is 10.0 Å². The van der Waals surface area contributed by atoms with Gasteiger partial charge in [0, 0.05) is 38.8 Å². The third-order valence-electron chi connectivity index (χ3n) is 4.65. The van der Waals surface area contributed by atoms with Crippen molar-refractivity contribution in [3.05, 3.63) is 33.8 Å². The SMILES string of the molecule is CC(C(=O)NC1CC1)N1CCN(Cc2ccc(Cl)c(Cl)c2)CC1. The zero-order valence-electron chi connectivity index (χ0n) is 13.4. The number of nitrogens with zero attached hydrogens (tertiary/aromatic N) is 2. The molecule has 1 amide bonds. The molecule has 1 saturated carbocycles. The molecule has 1 heterocycles. The van der Waals surface area contributed by atoms with Crippen molar-refractivity contribution in [1.82, 2.24) is 15.1 Å². The van der Waals surface area contributed by atoms with Crippen molar-refractivity contribution in [2.45, 2.75) is 38.4 Å². The molecule has 0 bridgehead atoms. The number of halogens is 2. The Morgan fingerprint density at radius 3 is 2.52 bits per heavy atom. The molecule has 0 aromatic heterocycles. The molecule has 126 valence electrons. The molecule has 2 aliphatic rings. The summed E-state index contributed by atoms with van der Waals surface area (Å²) < 4.78 is 0. The summed E-state index contributed by atoms with van der Waals surface area (Å²) in [6.45, 7) is 6.63. The third-order valence-corrected chi connectivity index (χ3v) is 5.39. The molecule has 23 heavy (non-hydrogen) atoms. The lowest BCUT2D eigenvalue weighted by Crippen LogP contribution is -2.53. The van der Waals surface area contributed by atoms with Crippen molar-refractivity contribution >= 4 is 29.1 Å². The number of hydrogen-bond donors (Lipinski definition) is 1. The Kier molecular flexibility index (Phi) is 5.47. The molecule has 0 radical (unpaired) electrons. The second kappa shape index (κ2) is 7.39. The second-order valence-corrected chi connectivity index (χ2v) is 7.33. The lowest BCUT2D eigenvalue weighted by atomic mass is 10.1. The van der Waals surface area contributed by atoms with Gasteiger partial charge in [0.1, 0.15) is 0 Å². The highest BCUT2D eigenvalue weighted by Gasteiger charge is 2.29. The monoisotopic (exact) mass is 355 g/mol. The number of amides is 1. The minimum absolute atomic E-state index is 0.0391. The van der Waals surface area contributed by atoms with E-state index in [4.69, 9.17) is 23.2 Å². The fourth-order valence-corrected chi connectivity index (χ4v) is 3.24. The van der Waals surface area contributed by atoms with Gasteiger partial charge in [-0.05, 0) is 37.5 Å². The fourth-order valence-electron chi connectivity index (χ4n) is 2.92. The van der Waals surface area contributed by atoms with Gasteiger partial charge in [-0.2, -0.15) is 0 Å². The summed E-state index contributed by atoms with van der Waals surface area (Å²) in [5.74, 6) is 0.172. The lowest BCUT2D eigenvalue weighted by molar-refractivity contribution is -0.126. The summed E-state index contributed by atoms with van der Waals surface area (Å²) in [4.78, 5) is 16.8. The standard InChI is InChI=1S/C17H23Cl2N3O/c1-12(17(23)20-14-3-4-14)22-8-6-21(7-9-22)11-13-2-5-15(18)16(19)10-13/h2,5,10,12,14H,3-4,6-9,11H2,1H3,(H,20,23). The van der Waals surface area contributed by atoms with Gasteiger partial charge >= 0.3 is 0 Å².